The second-order valence-electron chi connectivity index (χ2n) is 0.683. The molecule has 0 atom stereocenters. The van der Waals surface area contributed by atoms with Crippen molar-refractivity contribution in [3.8, 4) is 0 Å². The molecular formula is C2H6N2Pt. The molecule has 0 aliphatic heterocycles. The molecule has 0 aliphatic carbocycles. The van der Waals surface area contributed by atoms with Crippen molar-refractivity contribution in [2.75, 3.05) is 0 Å². The van der Waals surface area contributed by atoms with E-state index in [0.29, 0.717) is 0 Å². The topological polar surface area (TPSA) is 49.9 Å². The number of hydrogen-bond acceptors (Lipinski definition) is 1. The first-order valence-corrected chi connectivity index (χ1v) is 1.04. The largest absolute Gasteiger partial charge is 0.388 e. The van der Waals surface area contributed by atoms with Crippen molar-refractivity contribution < 1.29 is 21.1 Å². The molecule has 0 rings (SSSR count). The first kappa shape index (κ1) is 8.94. The number of hydrogen-bond donors (Lipinski definition) is 2. The van der Waals surface area contributed by atoms with Crippen LogP contribution in [0.4, 0.5) is 0 Å². The maximum Gasteiger partial charge on any atom is 0.0873 e. The molecule has 3 N–H and O–H groups in total. The summed E-state index contributed by atoms with van der Waals surface area (Å²) < 4.78 is 0. The van der Waals surface area contributed by atoms with Crippen molar-refractivity contribution in [1.82, 2.24) is 0 Å². The maximum absolute atomic E-state index is 6.28. The zero-order chi connectivity index (χ0) is 3.58. The van der Waals surface area contributed by atoms with Crippen molar-refractivity contribution in [2.45, 2.75) is 6.92 Å². The number of amidine groups is 1. The van der Waals surface area contributed by atoms with Crippen molar-refractivity contribution in [2.24, 2.45) is 5.73 Å². The van der Waals surface area contributed by atoms with E-state index in [0.717, 1.165) is 0 Å². The van der Waals surface area contributed by atoms with E-state index >= 15 is 0 Å². The van der Waals surface area contributed by atoms with Crippen LogP contribution >= 0.6 is 0 Å². The van der Waals surface area contributed by atoms with E-state index in [1.165, 1.54) is 6.92 Å². The fraction of sp³-hybridized carbons (Fsp3) is 0.500. The van der Waals surface area contributed by atoms with E-state index in [1.807, 2.05) is 0 Å². The molecule has 2 nitrogen and oxygen atoms in total. The molecule has 0 unspecified atom stereocenters. The van der Waals surface area contributed by atoms with Crippen LogP contribution in [0.1, 0.15) is 6.92 Å². The number of nitrogens with two attached hydrogens (primary N) is 1. The number of nitrogens with one attached hydrogen (secondary N) is 1. The Kier molecular flexibility index (Phi) is 7.44. The molecule has 34 valence electrons. The molecule has 0 heterocycles. The summed E-state index contributed by atoms with van der Waals surface area (Å²) in [5.41, 5.74) is 4.69. The van der Waals surface area contributed by atoms with Crippen LogP contribution in [0.2, 0.25) is 0 Å². The second kappa shape index (κ2) is 4.16. The molecule has 0 fully saturated rings. The minimum atomic E-state index is 0. The predicted octanol–water partition coefficient (Wildman–Crippen LogP) is -0.0602. The average molecular weight is 253 g/mol. The van der Waals surface area contributed by atoms with Crippen molar-refractivity contribution in [3.05, 3.63) is 0 Å². The molecular weight excluding hydrogens is 247 g/mol. The van der Waals surface area contributed by atoms with Gasteiger partial charge in [0, 0.05) is 21.1 Å². The normalized spacial score (nSPS) is 5.00. The van der Waals surface area contributed by atoms with Crippen molar-refractivity contribution >= 4 is 5.84 Å². The zero-order valence-corrected chi connectivity index (χ0v) is 5.17. The summed E-state index contributed by atoms with van der Waals surface area (Å²) in [6.07, 6.45) is 0. The van der Waals surface area contributed by atoms with Crippen LogP contribution in [0.25, 0.3) is 0 Å². The molecule has 5 heavy (non-hydrogen) atoms. The quantitative estimate of drug-likeness (QED) is 0.461. The van der Waals surface area contributed by atoms with Crippen LogP contribution in [0.3, 0.4) is 0 Å². The molecule has 0 aromatic rings. The van der Waals surface area contributed by atoms with Crippen LogP contribution in [-0.2, 0) is 21.1 Å². The third-order valence-electron chi connectivity index (χ3n) is 0. The third-order valence-corrected chi connectivity index (χ3v) is 0. The molecule has 0 bridgehead atoms. The van der Waals surface area contributed by atoms with E-state index in [1.54, 1.807) is 0 Å². The Bertz CT molecular complexity index is 30.6. The van der Waals surface area contributed by atoms with Gasteiger partial charge in [0.05, 0.1) is 5.84 Å². The van der Waals surface area contributed by atoms with Crippen LogP contribution in [0.15, 0.2) is 0 Å². The monoisotopic (exact) mass is 253 g/mol. The van der Waals surface area contributed by atoms with Gasteiger partial charge in [-0.2, -0.15) is 0 Å². The van der Waals surface area contributed by atoms with Gasteiger partial charge in [0.2, 0.25) is 0 Å². The zero-order valence-electron chi connectivity index (χ0n) is 2.89. The Balaban J connectivity index is 0. The Labute approximate surface area is 45.5 Å². The van der Waals surface area contributed by atoms with Crippen molar-refractivity contribution in [1.29, 1.82) is 5.41 Å². The minimum Gasteiger partial charge on any atom is -0.388 e. The van der Waals surface area contributed by atoms with Gasteiger partial charge in [-0.3, -0.25) is 5.41 Å². The fourth-order valence-electron chi connectivity index (χ4n) is 0. The molecule has 0 radical (unpaired) electrons. The maximum atomic E-state index is 6.28. The molecule has 3 heteroatoms. The van der Waals surface area contributed by atoms with Gasteiger partial charge in [-0.15, -0.1) is 0 Å². The van der Waals surface area contributed by atoms with Gasteiger partial charge < -0.3 is 5.73 Å². The Hall–Kier alpha value is 0.158. The summed E-state index contributed by atoms with van der Waals surface area (Å²) >= 11 is 0. The van der Waals surface area contributed by atoms with Gasteiger partial charge in [0.1, 0.15) is 0 Å². The Morgan fingerprint density at radius 1 is 1.80 bits per heavy atom. The van der Waals surface area contributed by atoms with Crippen LogP contribution in [-0.4, -0.2) is 5.84 Å². The molecule has 0 amide bonds. The Morgan fingerprint density at radius 2 is 1.80 bits per heavy atom. The SMILES string of the molecule is CC(=N)N.[Pt]. The van der Waals surface area contributed by atoms with E-state index < -0.39 is 0 Å². The van der Waals surface area contributed by atoms with Crippen LogP contribution in [0, 0.1) is 5.41 Å². The van der Waals surface area contributed by atoms with Gasteiger partial charge in [0.25, 0.3) is 0 Å². The fourth-order valence-corrected chi connectivity index (χ4v) is 0. The first-order valence-electron chi connectivity index (χ1n) is 1.04. The summed E-state index contributed by atoms with van der Waals surface area (Å²) in [5.74, 6) is 0.167. The average Bonchev–Trinajstić information content (AvgIpc) is 0.811. The third kappa shape index (κ3) is 773. The second-order valence-corrected chi connectivity index (χ2v) is 0.683. The van der Waals surface area contributed by atoms with Gasteiger partial charge >= 0.3 is 0 Å². The molecule has 0 spiro atoms. The van der Waals surface area contributed by atoms with Crippen LogP contribution in [0.5, 0.6) is 0 Å². The van der Waals surface area contributed by atoms with Gasteiger partial charge in [-0.25, -0.2) is 0 Å². The molecule has 0 aromatic carbocycles. The summed E-state index contributed by atoms with van der Waals surface area (Å²) in [5, 5.41) is 6.28. The van der Waals surface area contributed by atoms with Crippen molar-refractivity contribution in [3.63, 3.8) is 0 Å². The van der Waals surface area contributed by atoms with E-state index in [4.69, 9.17) is 11.1 Å². The first-order chi connectivity index (χ1) is 1.73. The summed E-state index contributed by atoms with van der Waals surface area (Å²) in [6, 6.07) is 0. The van der Waals surface area contributed by atoms with Crippen LogP contribution < -0.4 is 5.73 Å². The van der Waals surface area contributed by atoms with Gasteiger partial charge in [0.15, 0.2) is 0 Å². The number of rotatable bonds is 0. The van der Waals surface area contributed by atoms with Gasteiger partial charge in [-0.1, -0.05) is 0 Å². The summed E-state index contributed by atoms with van der Waals surface area (Å²) in [6.45, 7) is 1.53. The summed E-state index contributed by atoms with van der Waals surface area (Å²) in [7, 11) is 0. The molecule has 0 saturated carbocycles. The van der Waals surface area contributed by atoms with E-state index in [-0.39, 0.29) is 26.9 Å². The predicted molar refractivity (Wildman–Crippen MR) is 17.6 cm³/mol. The smallest absolute Gasteiger partial charge is 0.0873 e. The molecule has 0 aromatic heterocycles. The molecule has 0 aliphatic rings. The van der Waals surface area contributed by atoms with E-state index in [2.05, 4.69) is 0 Å². The Morgan fingerprint density at radius 3 is 1.80 bits per heavy atom. The minimum absolute atomic E-state index is 0. The standard InChI is InChI=1S/C2H6N2.Pt/c1-2(3)4;/h1H3,(H3,3,4);. The molecule has 0 saturated heterocycles. The van der Waals surface area contributed by atoms with E-state index in [9.17, 15) is 0 Å². The van der Waals surface area contributed by atoms with Gasteiger partial charge in [-0.05, 0) is 6.92 Å². The summed E-state index contributed by atoms with van der Waals surface area (Å²) in [4.78, 5) is 0.